The molecule has 1 saturated heterocycles. The smallest absolute Gasteiger partial charge is 0.129 e. The summed E-state index contributed by atoms with van der Waals surface area (Å²) >= 11 is 0. The van der Waals surface area contributed by atoms with E-state index in [0.717, 1.165) is 36.8 Å². The molecular formula is C15H22N6. The number of hydrogen-bond donors (Lipinski definition) is 1. The van der Waals surface area contributed by atoms with Crippen LogP contribution in [0.2, 0.25) is 0 Å². The maximum atomic E-state index is 4.65. The summed E-state index contributed by atoms with van der Waals surface area (Å²) in [6, 6.07) is 4.52. The van der Waals surface area contributed by atoms with Gasteiger partial charge in [0.2, 0.25) is 0 Å². The molecule has 0 spiro atoms. The quantitative estimate of drug-likeness (QED) is 0.930. The van der Waals surface area contributed by atoms with Crippen molar-refractivity contribution in [1.82, 2.24) is 24.6 Å². The molecule has 1 N–H and O–H groups in total. The predicted octanol–water partition coefficient (Wildman–Crippen LogP) is 1.90. The Morgan fingerprint density at radius 2 is 2.24 bits per heavy atom. The van der Waals surface area contributed by atoms with Crippen molar-refractivity contribution in [2.75, 3.05) is 18.9 Å². The lowest BCUT2D eigenvalue weighted by molar-refractivity contribution is 0.237. The number of likely N-dealkylation sites (tertiary alicyclic amines) is 1. The Bertz CT molecular complexity index is 620. The van der Waals surface area contributed by atoms with E-state index in [1.165, 1.54) is 12.1 Å². The number of anilines is 1. The Morgan fingerprint density at radius 3 is 2.95 bits per heavy atom. The number of aromatic nitrogens is 4. The van der Waals surface area contributed by atoms with Crippen molar-refractivity contribution in [2.24, 2.45) is 7.05 Å². The molecule has 3 rings (SSSR count). The molecule has 21 heavy (non-hydrogen) atoms. The van der Waals surface area contributed by atoms with Crippen molar-refractivity contribution in [1.29, 1.82) is 0 Å². The second kappa shape index (κ2) is 5.81. The molecule has 0 radical (unpaired) electrons. The van der Waals surface area contributed by atoms with Gasteiger partial charge in [-0.1, -0.05) is 0 Å². The van der Waals surface area contributed by atoms with Crippen LogP contribution in [-0.4, -0.2) is 38.2 Å². The van der Waals surface area contributed by atoms with Gasteiger partial charge >= 0.3 is 0 Å². The van der Waals surface area contributed by atoms with Gasteiger partial charge in [-0.3, -0.25) is 9.58 Å². The molecule has 2 aromatic rings. The van der Waals surface area contributed by atoms with Gasteiger partial charge in [0.15, 0.2) is 0 Å². The maximum absolute atomic E-state index is 4.65. The van der Waals surface area contributed by atoms with Gasteiger partial charge in [-0.15, -0.1) is 0 Å². The molecule has 1 aliphatic rings. The lowest BCUT2D eigenvalue weighted by atomic mass is 10.1. The molecule has 0 aromatic carbocycles. The van der Waals surface area contributed by atoms with E-state index >= 15 is 0 Å². The van der Waals surface area contributed by atoms with Crippen molar-refractivity contribution < 1.29 is 0 Å². The summed E-state index contributed by atoms with van der Waals surface area (Å²) in [7, 11) is 3.89. The van der Waals surface area contributed by atoms with E-state index in [1.807, 2.05) is 31.9 Å². The first-order chi connectivity index (χ1) is 10.2. The van der Waals surface area contributed by atoms with E-state index in [0.29, 0.717) is 6.04 Å². The van der Waals surface area contributed by atoms with Crippen LogP contribution < -0.4 is 5.32 Å². The molecule has 6 heteroatoms. The minimum absolute atomic E-state index is 0.369. The lowest BCUT2D eigenvalue weighted by Crippen LogP contribution is -2.25. The summed E-state index contributed by atoms with van der Waals surface area (Å²) in [5, 5.41) is 7.37. The monoisotopic (exact) mass is 286 g/mol. The molecular weight excluding hydrogens is 264 g/mol. The van der Waals surface area contributed by atoms with Crippen LogP contribution in [0.25, 0.3) is 0 Å². The van der Waals surface area contributed by atoms with E-state index in [-0.39, 0.29) is 0 Å². The summed E-state index contributed by atoms with van der Waals surface area (Å²) in [4.78, 5) is 11.5. The van der Waals surface area contributed by atoms with Crippen molar-refractivity contribution >= 4 is 5.82 Å². The molecule has 0 amide bonds. The minimum atomic E-state index is 0.369. The largest absolute Gasteiger partial charge is 0.373 e. The van der Waals surface area contributed by atoms with Gasteiger partial charge in [-0.05, 0) is 32.4 Å². The number of nitrogens with one attached hydrogen (secondary N) is 1. The Morgan fingerprint density at radius 1 is 1.38 bits per heavy atom. The first-order valence-corrected chi connectivity index (χ1v) is 7.41. The van der Waals surface area contributed by atoms with Crippen molar-refractivity contribution in [3.63, 3.8) is 0 Å². The number of nitrogens with zero attached hydrogens (tertiary/aromatic N) is 5. The van der Waals surface area contributed by atoms with E-state index in [4.69, 9.17) is 0 Å². The van der Waals surface area contributed by atoms with Crippen molar-refractivity contribution in [3.8, 4) is 0 Å². The number of aryl methyl sites for hydroxylation is 2. The molecule has 1 atom stereocenters. The van der Waals surface area contributed by atoms with Gasteiger partial charge in [0.25, 0.3) is 0 Å². The van der Waals surface area contributed by atoms with Crippen LogP contribution in [-0.2, 0) is 13.6 Å². The molecule has 0 aliphatic carbocycles. The summed E-state index contributed by atoms with van der Waals surface area (Å²) in [6.45, 7) is 3.97. The standard InChI is InChI=1S/C15H22N6/c1-11-18-13(9-15(16-2)19-11)14-5-4-8-21(14)10-12-6-7-17-20(12)3/h6-7,9,14H,4-5,8,10H2,1-3H3,(H,16,18,19)/t14-/m1/s1. The van der Waals surface area contributed by atoms with Gasteiger partial charge in [-0.25, -0.2) is 9.97 Å². The normalized spacial score (nSPS) is 19.1. The van der Waals surface area contributed by atoms with Crippen LogP contribution in [0, 0.1) is 6.92 Å². The first kappa shape index (κ1) is 14.0. The van der Waals surface area contributed by atoms with Gasteiger partial charge in [0, 0.05) is 32.9 Å². The number of rotatable bonds is 4. The Labute approximate surface area is 125 Å². The van der Waals surface area contributed by atoms with E-state index in [1.54, 1.807) is 0 Å². The zero-order chi connectivity index (χ0) is 14.8. The third-order valence-corrected chi connectivity index (χ3v) is 4.11. The zero-order valence-electron chi connectivity index (χ0n) is 12.9. The molecule has 2 aromatic heterocycles. The zero-order valence-corrected chi connectivity index (χ0v) is 12.9. The van der Waals surface area contributed by atoms with Gasteiger partial charge < -0.3 is 5.32 Å². The SMILES string of the molecule is CNc1cc([C@H]2CCCN2Cc2ccnn2C)nc(C)n1. The molecule has 6 nitrogen and oxygen atoms in total. The Kier molecular flexibility index (Phi) is 3.88. The van der Waals surface area contributed by atoms with Gasteiger partial charge in [-0.2, -0.15) is 5.10 Å². The summed E-state index contributed by atoms with van der Waals surface area (Å²) in [5.74, 6) is 1.72. The molecule has 0 unspecified atom stereocenters. The highest BCUT2D eigenvalue weighted by Gasteiger charge is 2.28. The third kappa shape index (κ3) is 2.90. The average molecular weight is 286 g/mol. The fourth-order valence-corrected chi connectivity index (χ4v) is 3.00. The van der Waals surface area contributed by atoms with E-state index in [9.17, 15) is 0 Å². The molecule has 112 valence electrons. The van der Waals surface area contributed by atoms with Crippen LogP contribution in [0.4, 0.5) is 5.82 Å². The fraction of sp³-hybridized carbons (Fsp3) is 0.533. The van der Waals surface area contributed by atoms with Gasteiger partial charge in [0.1, 0.15) is 11.6 Å². The van der Waals surface area contributed by atoms with Crippen LogP contribution in [0.15, 0.2) is 18.3 Å². The van der Waals surface area contributed by atoms with Crippen molar-refractivity contribution in [3.05, 3.63) is 35.5 Å². The second-order valence-corrected chi connectivity index (χ2v) is 5.55. The average Bonchev–Trinajstić information content (AvgIpc) is 3.08. The summed E-state index contributed by atoms with van der Waals surface area (Å²) in [6.07, 6.45) is 4.21. The maximum Gasteiger partial charge on any atom is 0.129 e. The molecule has 0 bridgehead atoms. The molecule has 0 saturated carbocycles. The first-order valence-electron chi connectivity index (χ1n) is 7.41. The topological polar surface area (TPSA) is 58.9 Å². The lowest BCUT2D eigenvalue weighted by Gasteiger charge is -2.24. The summed E-state index contributed by atoms with van der Waals surface area (Å²) < 4.78 is 1.94. The van der Waals surface area contributed by atoms with Gasteiger partial charge in [0.05, 0.1) is 17.4 Å². The van der Waals surface area contributed by atoms with Crippen LogP contribution in [0.3, 0.4) is 0 Å². The highest BCUT2D eigenvalue weighted by molar-refractivity contribution is 5.36. The van der Waals surface area contributed by atoms with Crippen LogP contribution >= 0.6 is 0 Å². The highest BCUT2D eigenvalue weighted by atomic mass is 15.3. The molecule has 1 aliphatic heterocycles. The molecule has 3 heterocycles. The molecule has 1 fully saturated rings. The Hall–Kier alpha value is -1.95. The fourth-order valence-electron chi connectivity index (χ4n) is 3.00. The third-order valence-electron chi connectivity index (χ3n) is 4.11. The van der Waals surface area contributed by atoms with Crippen LogP contribution in [0.1, 0.15) is 36.1 Å². The minimum Gasteiger partial charge on any atom is -0.373 e. The van der Waals surface area contributed by atoms with Crippen LogP contribution in [0.5, 0.6) is 0 Å². The van der Waals surface area contributed by atoms with Crippen molar-refractivity contribution in [2.45, 2.75) is 32.4 Å². The number of hydrogen-bond acceptors (Lipinski definition) is 5. The predicted molar refractivity (Wildman–Crippen MR) is 81.9 cm³/mol. The summed E-state index contributed by atoms with van der Waals surface area (Å²) in [5.41, 5.74) is 2.35. The Balaban J connectivity index is 1.83. The van der Waals surface area contributed by atoms with E-state index < -0.39 is 0 Å². The van der Waals surface area contributed by atoms with E-state index in [2.05, 4.69) is 37.4 Å². The highest BCUT2D eigenvalue weighted by Crippen LogP contribution is 2.32. The second-order valence-electron chi connectivity index (χ2n) is 5.55.